The highest BCUT2D eigenvalue weighted by Crippen LogP contribution is 2.10. The quantitative estimate of drug-likeness (QED) is 0.771. The molecule has 1 rings (SSSR count). The summed E-state index contributed by atoms with van der Waals surface area (Å²) in [6, 6.07) is 8.83. The Balaban J connectivity index is 2.97. The van der Waals surface area contributed by atoms with Crippen molar-refractivity contribution in [3.63, 3.8) is 0 Å². The van der Waals surface area contributed by atoms with Gasteiger partial charge in [0.15, 0.2) is 0 Å². The van der Waals surface area contributed by atoms with Gasteiger partial charge in [-0.3, -0.25) is 4.79 Å². The van der Waals surface area contributed by atoms with Crippen LogP contribution in [0.4, 0.5) is 0 Å². The summed E-state index contributed by atoms with van der Waals surface area (Å²) in [5, 5.41) is 8.80. The van der Waals surface area contributed by atoms with Crippen molar-refractivity contribution < 1.29 is 4.79 Å². The number of hydrogen-bond donors (Lipinski definition) is 0. The average molecular weight is 251 g/mol. The van der Waals surface area contributed by atoms with E-state index in [1.165, 1.54) is 0 Å². The van der Waals surface area contributed by atoms with Crippen LogP contribution >= 0.6 is 11.6 Å². The Morgan fingerprint density at radius 1 is 1.53 bits per heavy atom. The minimum atomic E-state index is -0.0854. The molecule has 0 N–H and O–H groups in total. The third-order valence-corrected chi connectivity index (χ3v) is 2.62. The maximum atomic E-state index is 12.2. The molecule has 0 spiro atoms. The Kier molecular flexibility index (Phi) is 4.99. The number of rotatable bonds is 4. The summed E-state index contributed by atoms with van der Waals surface area (Å²) < 4.78 is 0. The van der Waals surface area contributed by atoms with Crippen molar-refractivity contribution in [2.45, 2.75) is 19.9 Å². The molecule has 4 heteroatoms. The highest BCUT2D eigenvalue weighted by Gasteiger charge is 2.18. The highest BCUT2D eigenvalue weighted by atomic mass is 35.5. The fourth-order valence-corrected chi connectivity index (χ4v) is 1.76. The van der Waals surface area contributed by atoms with Crippen molar-refractivity contribution >= 4 is 17.5 Å². The van der Waals surface area contributed by atoms with Crippen LogP contribution in [-0.2, 0) is 0 Å². The standard InChI is InChI=1S/C13H15ClN2O/c1-10(2)16(7-6-14)13(17)12-5-3-4-11(8-12)9-15/h3-5,8,10H,6-7H2,1-2H3. The molecule has 0 saturated heterocycles. The van der Waals surface area contributed by atoms with Crippen LogP contribution in [0.1, 0.15) is 29.8 Å². The SMILES string of the molecule is CC(C)N(CCCl)C(=O)c1cccc(C#N)c1. The van der Waals surface area contributed by atoms with Gasteiger partial charge >= 0.3 is 0 Å². The van der Waals surface area contributed by atoms with Crippen LogP contribution in [0.5, 0.6) is 0 Å². The second-order valence-electron chi connectivity index (χ2n) is 3.97. The van der Waals surface area contributed by atoms with Crippen LogP contribution in [0.3, 0.4) is 0 Å². The predicted molar refractivity (Wildman–Crippen MR) is 68.0 cm³/mol. The van der Waals surface area contributed by atoms with E-state index < -0.39 is 0 Å². The van der Waals surface area contributed by atoms with E-state index in [2.05, 4.69) is 0 Å². The number of nitrogens with zero attached hydrogens (tertiary/aromatic N) is 2. The molecule has 90 valence electrons. The highest BCUT2D eigenvalue weighted by molar-refractivity contribution is 6.18. The smallest absolute Gasteiger partial charge is 0.254 e. The zero-order valence-corrected chi connectivity index (χ0v) is 10.7. The van der Waals surface area contributed by atoms with Crippen molar-refractivity contribution in [1.29, 1.82) is 5.26 Å². The first-order chi connectivity index (χ1) is 8.10. The van der Waals surface area contributed by atoms with Crippen molar-refractivity contribution in [2.24, 2.45) is 0 Å². The normalized spacial score (nSPS) is 10.1. The summed E-state index contributed by atoms with van der Waals surface area (Å²) in [5.41, 5.74) is 1.02. The fourth-order valence-electron chi connectivity index (χ4n) is 1.57. The molecule has 0 heterocycles. The lowest BCUT2D eigenvalue weighted by atomic mass is 10.1. The summed E-state index contributed by atoms with van der Waals surface area (Å²) >= 11 is 5.68. The molecule has 0 fully saturated rings. The molecule has 17 heavy (non-hydrogen) atoms. The van der Waals surface area contributed by atoms with Crippen LogP contribution in [0.25, 0.3) is 0 Å². The van der Waals surface area contributed by atoms with Crippen LogP contribution in [0.2, 0.25) is 0 Å². The second kappa shape index (κ2) is 6.27. The van der Waals surface area contributed by atoms with E-state index in [0.29, 0.717) is 23.6 Å². The Labute approximate surface area is 107 Å². The van der Waals surface area contributed by atoms with Crippen LogP contribution < -0.4 is 0 Å². The summed E-state index contributed by atoms with van der Waals surface area (Å²) in [6.45, 7) is 4.39. The van der Waals surface area contributed by atoms with Crippen LogP contribution in [0, 0.1) is 11.3 Å². The van der Waals surface area contributed by atoms with E-state index >= 15 is 0 Å². The summed E-state index contributed by atoms with van der Waals surface area (Å²) in [7, 11) is 0. The molecule has 0 aliphatic heterocycles. The van der Waals surface area contributed by atoms with E-state index in [1.807, 2.05) is 19.9 Å². The van der Waals surface area contributed by atoms with E-state index in [9.17, 15) is 4.79 Å². The lowest BCUT2D eigenvalue weighted by molar-refractivity contribution is 0.0718. The molecule has 0 aromatic heterocycles. The molecule has 0 unspecified atom stereocenters. The number of carbonyl (C=O) groups is 1. The first-order valence-electron chi connectivity index (χ1n) is 5.47. The third kappa shape index (κ3) is 3.47. The van der Waals surface area contributed by atoms with Gasteiger partial charge in [0.05, 0.1) is 11.6 Å². The number of alkyl halides is 1. The third-order valence-electron chi connectivity index (χ3n) is 2.45. The predicted octanol–water partition coefficient (Wildman–Crippen LogP) is 2.65. The van der Waals surface area contributed by atoms with Crippen molar-refractivity contribution in [3.8, 4) is 6.07 Å². The van der Waals surface area contributed by atoms with Gasteiger partial charge in [-0.1, -0.05) is 6.07 Å². The van der Waals surface area contributed by atoms with Crippen LogP contribution in [-0.4, -0.2) is 29.3 Å². The van der Waals surface area contributed by atoms with Gasteiger partial charge in [0.1, 0.15) is 0 Å². The molecule has 0 saturated carbocycles. The largest absolute Gasteiger partial charge is 0.335 e. The van der Waals surface area contributed by atoms with Gasteiger partial charge in [0.25, 0.3) is 5.91 Å². The van der Waals surface area contributed by atoms with E-state index in [1.54, 1.807) is 29.2 Å². The zero-order valence-electron chi connectivity index (χ0n) is 9.98. The summed E-state index contributed by atoms with van der Waals surface area (Å²) in [4.78, 5) is 13.9. The number of hydrogen-bond acceptors (Lipinski definition) is 2. The molecule has 0 aliphatic carbocycles. The first-order valence-corrected chi connectivity index (χ1v) is 6.00. The van der Waals surface area contributed by atoms with Gasteiger partial charge in [-0.2, -0.15) is 5.26 Å². The summed E-state index contributed by atoms with van der Waals surface area (Å²) in [5.74, 6) is 0.319. The molecular weight excluding hydrogens is 236 g/mol. The minimum absolute atomic E-state index is 0.0854. The van der Waals surface area contributed by atoms with Crippen molar-refractivity contribution in [1.82, 2.24) is 4.90 Å². The van der Waals surface area contributed by atoms with Gasteiger partial charge in [-0.25, -0.2) is 0 Å². The van der Waals surface area contributed by atoms with Gasteiger partial charge in [0, 0.05) is 24.0 Å². The Morgan fingerprint density at radius 3 is 2.76 bits per heavy atom. The molecule has 0 aliphatic rings. The molecule has 1 aromatic rings. The monoisotopic (exact) mass is 250 g/mol. The molecule has 1 amide bonds. The maximum Gasteiger partial charge on any atom is 0.254 e. The number of nitriles is 1. The van der Waals surface area contributed by atoms with Crippen molar-refractivity contribution in [2.75, 3.05) is 12.4 Å². The number of carbonyl (C=O) groups excluding carboxylic acids is 1. The molecule has 0 radical (unpaired) electrons. The first kappa shape index (κ1) is 13.5. The molecule has 0 atom stereocenters. The van der Waals surface area contributed by atoms with Gasteiger partial charge in [0.2, 0.25) is 0 Å². The van der Waals surface area contributed by atoms with E-state index in [0.717, 1.165) is 0 Å². The molecule has 3 nitrogen and oxygen atoms in total. The van der Waals surface area contributed by atoms with Crippen LogP contribution in [0.15, 0.2) is 24.3 Å². The Morgan fingerprint density at radius 2 is 2.24 bits per heavy atom. The van der Waals surface area contributed by atoms with E-state index in [4.69, 9.17) is 16.9 Å². The lowest BCUT2D eigenvalue weighted by Crippen LogP contribution is -2.38. The van der Waals surface area contributed by atoms with Gasteiger partial charge in [-0.15, -0.1) is 11.6 Å². The minimum Gasteiger partial charge on any atom is -0.335 e. The van der Waals surface area contributed by atoms with Crippen molar-refractivity contribution in [3.05, 3.63) is 35.4 Å². The van der Waals surface area contributed by atoms with Gasteiger partial charge in [-0.05, 0) is 32.0 Å². The molecule has 1 aromatic carbocycles. The lowest BCUT2D eigenvalue weighted by Gasteiger charge is -2.26. The Hall–Kier alpha value is -1.53. The number of benzene rings is 1. The van der Waals surface area contributed by atoms with E-state index in [-0.39, 0.29) is 11.9 Å². The number of amides is 1. The zero-order chi connectivity index (χ0) is 12.8. The second-order valence-corrected chi connectivity index (χ2v) is 4.35. The average Bonchev–Trinajstić information content (AvgIpc) is 2.34. The molecular formula is C13H15ClN2O. The number of halogens is 1. The Bertz CT molecular complexity index is 437. The molecule has 0 bridgehead atoms. The maximum absolute atomic E-state index is 12.2. The topological polar surface area (TPSA) is 44.1 Å². The summed E-state index contributed by atoms with van der Waals surface area (Å²) in [6.07, 6.45) is 0. The van der Waals surface area contributed by atoms with Gasteiger partial charge < -0.3 is 4.90 Å². The fraction of sp³-hybridized carbons (Fsp3) is 0.385.